The molecular formula is C8H14N2. The lowest BCUT2D eigenvalue weighted by Gasteiger charge is -2.32. The zero-order valence-electron chi connectivity index (χ0n) is 6.43. The summed E-state index contributed by atoms with van der Waals surface area (Å²) in [5.74, 6) is 0. The number of hydrogen-bond acceptors (Lipinski definition) is 2. The Morgan fingerprint density at radius 1 is 1.60 bits per heavy atom. The molecule has 2 atom stereocenters. The van der Waals surface area contributed by atoms with Gasteiger partial charge in [0.05, 0.1) is 11.5 Å². The summed E-state index contributed by atoms with van der Waals surface area (Å²) in [7, 11) is 0. The Labute approximate surface area is 62.0 Å². The highest BCUT2D eigenvalue weighted by Gasteiger charge is 2.33. The molecule has 0 aromatic rings. The van der Waals surface area contributed by atoms with Crippen LogP contribution in [0.3, 0.4) is 0 Å². The van der Waals surface area contributed by atoms with Crippen LogP contribution in [0.25, 0.3) is 0 Å². The van der Waals surface area contributed by atoms with Crippen molar-refractivity contribution in [1.82, 2.24) is 0 Å². The highest BCUT2D eigenvalue weighted by Crippen LogP contribution is 2.33. The lowest BCUT2D eigenvalue weighted by molar-refractivity contribution is 0.249. The van der Waals surface area contributed by atoms with Crippen LogP contribution in [-0.2, 0) is 0 Å². The minimum atomic E-state index is -0.238. The number of nitrogens with two attached hydrogens (primary N) is 1. The molecule has 1 aliphatic carbocycles. The topological polar surface area (TPSA) is 49.8 Å². The van der Waals surface area contributed by atoms with Gasteiger partial charge in [-0.2, -0.15) is 5.26 Å². The average Bonchev–Trinajstić information content (AvgIpc) is 1.96. The molecule has 0 saturated heterocycles. The molecule has 2 N–H and O–H groups in total. The van der Waals surface area contributed by atoms with E-state index in [-0.39, 0.29) is 11.5 Å². The van der Waals surface area contributed by atoms with Crippen LogP contribution in [0.5, 0.6) is 0 Å². The standard InChI is InChI=1S/C8H14N2/c1-8(6-9)5-3-2-4-7(8)10/h7H,2-5,10H2,1H3. The molecule has 0 spiro atoms. The number of rotatable bonds is 0. The van der Waals surface area contributed by atoms with Gasteiger partial charge in [-0.1, -0.05) is 12.8 Å². The first-order chi connectivity index (χ1) is 4.69. The second kappa shape index (κ2) is 2.59. The van der Waals surface area contributed by atoms with Gasteiger partial charge in [-0.25, -0.2) is 0 Å². The van der Waals surface area contributed by atoms with E-state index < -0.39 is 0 Å². The average molecular weight is 138 g/mol. The molecule has 1 rings (SSSR count). The summed E-state index contributed by atoms with van der Waals surface area (Å²) in [5.41, 5.74) is 5.56. The van der Waals surface area contributed by atoms with Crippen LogP contribution in [0.4, 0.5) is 0 Å². The van der Waals surface area contributed by atoms with E-state index in [1.807, 2.05) is 6.92 Å². The van der Waals surface area contributed by atoms with E-state index in [4.69, 9.17) is 11.0 Å². The summed E-state index contributed by atoms with van der Waals surface area (Å²) in [4.78, 5) is 0. The zero-order chi connectivity index (χ0) is 7.61. The van der Waals surface area contributed by atoms with Crippen molar-refractivity contribution in [2.75, 3.05) is 0 Å². The molecule has 2 nitrogen and oxygen atoms in total. The fraction of sp³-hybridized carbons (Fsp3) is 0.875. The number of nitriles is 1. The third-order valence-electron chi connectivity index (χ3n) is 2.54. The smallest absolute Gasteiger partial charge is 0.0703 e. The molecule has 0 heterocycles. The van der Waals surface area contributed by atoms with Crippen molar-refractivity contribution in [2.45, 2.75) is 38.6 Å². The van der Waals surface area contributed by atoms with Crippen molar-refractivity contribution in [1.29, 1.82) is 5.26 Å². The van der Waals surface area contributed by atoms with Gasteiger partial charge in [0.2, 0.25) is 0 Å². The van der Waals surface area contributed by atoms with Crippen molar-refractivity contribution < 1.29 is 0 Å². The van der Waals surface area contributed by atoms with Crippen LogP contribution < -0.4 is 5.73 Å². The Balaban J connectivity index is 2.65. The Hall–Kier alpha value is -0.550. The minimum Gasteiger partial charge on any atom is -0.326 e. The quantitative estimate of drug-likeness (QED) is 0.550. The molecule has 0 bridgehead atoms. The first kappa shape index (κ1) is 7.56. The van der Waals surface area contributed by atoms with Gasteiger partial charge in [-0.3, -0.25) is 0 Å². The number of hydrogen-bond donors (Lipinski definition) is 1. The lowest BCUT2D eigenvalue weighted by Crippen LogP contribution is -2.40. The molecule has 1 saturated carbocycles. The monoisotopic (exact) mass is 138 g/mol. The van der Waals surface area contributed by atoms with E-state index in [0.29, 0.717) is 0 Å². The first-order valence-electron chi connectivity index (χ1n) is 3.86. The van der Waals surface area contributed by atoms with Crippen molar-refractivity contribution in [3.05, 3.63) is 0 Å². The fourth-order valence-electron chi connectivity index (χ4n) is 1.50. The largest absolute Gasteiger partial charge is 0.326 e. The highest BCUT2D eigenvalue weighted by atomic mass is 14.7. The van der Waals surface area contributed by atoms with Gasteiger partial charge in [-0.15, -0.1) is 0 Å². The molecule has 2 unspecified atom stereocenters. The fourth-order valence-corrected chi connectivity index (χ4v) is 1.50. The Morgan fingerprint density at radius 3 is 2.70 bits per heavy atom. The third kappa shape index (κ3) is 1.15. The van der Waals surface area contributed by atoms with Crippen LogP contribution >= 0.6 is 0 Å². The van der Waals surface area contributed by atoms with E-state index in [0.717, 1.165) is 19.3 Å². The van der Waals surface area contributed by atoms with Gasteiger partial charge in [0.15, 0.2) is 0 Å². The second-order valence-corrected chi connectivity index (χ2v) is 3.38. The maximum atomic E-state index is 8.79. The van der Waals surface area contributed by atoms with Crippen LogP contribution in [0.1, 0.15) is 32.6 Å². The van der Waals surface area contributed by atoms with Crippen molar-refractivity contribution in [3.8, 4) is 6.07 Å². The highest BCUT2D eigenvalue weighted by molar-refractivity contribution is 5.04. The summed E-state index contributed by atoms with van der Waals surface area (Å²) in [6.07, 6.45) is 4.35. The normalized spacial score (nSPS) is 40.7. The molecule has 10 heavy (non-hydrogen) atoms. The van der Waals surface area contributed by atoms with Crippen LogP contribution in [-0.4, -0.2) is 6.04 Å². The van der Waals surface area contributed by atoms with Gasteiger partial charge >= 0.3 is 0 Å². The Morgan fingerprint density at radius 2 is 2.30 bits per heavy atom. The summed E-state index contributed by atoms with van der Waals surface area (Å²) < 4.78 is 0. The van der Waals surface area contributed by atoms with Crippen molar-refractivity contribution in [3.63, 3.8) is 0 Å². The van der Waals surface area contributed by atoms with E-state index in [2.05, 4.69) is 6.07 Å². The van der Waals surface area contributed by atoms with E-state index in [1.165, 1.54) is 6.42 Å². The van der Waals surface area contributed by atoms with Gasteiger partial charge in [0.25, 0.3) is 0 Å². The van der Waals surface area contributed by atoms with Crippen LogP contribution in [0.15, 0.2) is 0 Å². The molecule has 1 fully saturated rings. The van der Waals surface area contributed by atoms with Gasteiger partial charge < -0.3 is 5.73 Å². The van der Waals surface area contributed by atoms with Gasteiger partial charge in [0, 0.05) is 6.04 Å². The summed E-state index contributed by atoms with van der Waals surface area (Å²) in [6.45, 7) is 1.97. The van der Waals surface area contributed by atoms with Crippen molar-refractivity contribution >= 4 is 0 Å². The third-order valence-corrected chi connectivity index (χ3v) is 2.54. The molecule has 56 valence electrons. The summed E-state index contributed by atoms with van der Waals surface area (Å²) >= 11 is 0. The minimum absolute atomic E-state index is 0.103. The first-order valence-corrected chi connectivity index (χ1v) is 3.86. The molecule has 1 aliphatic rings. The molecule has 0 aromatic heterocycles. The molecule has 2 heteroatoms. The van der Waals surface area contributed by atoms with Crippen molar-refractivity contribution in [2.24, 2.45) is 11.1 Å². The van der Waals surface area contributed by atoms with Crippen LogP contribution in [0.2, 0.25) is 0 Å². The molecular weight excluding hydrogens is 124 g/mol. The van der Waals surface area contributed by atoms with E-state index >= 15 is 0 Å². The molecule has 0 radical (unpaired) electrons. The second-order valence-electron chi connectivity index (χ2n) is 3.38. The lowest BCUT2D eigenvalue weighted by atomic mass is 9.73. The molecule has 0 aliphatic heterocycles. The van der Waals surface area contributed by atoms with Gasteiger partial charge in [-0.05, 0) is 19.8 Å². The maximum Gasteiger partial charge on any atom is 0.0703 e. The summed E-state index contributed by atoms with van der Waals surface area (Å²) in [5, 5.41) is 8.79. The molecule has 0 amide bonds. The van der Waals surface area contributed by atoms with Gasteiger partial charge in [0.1, 0.15) is 0 Å². The Bertz CT molecular complexity index is 159. The maximum absolute atomic E-state index is 8.79. The number of nitrogens with zero attached hydrogens (tertiary/aromatic N) is 1. The summed E-state index contributed by atoms with van der Waals surface area (Å²) in [6, 6.07) is 2.41. The predicted molar refractivity (Wildman–Crippen MR) is 40.2 cm³/mol. The van der Waals surface area contributed by atoms with Crippen LogP contribution in [0, 0.1) is 16.7 Å². The van der Waals surface area contributed by atoms with E-state index in [1.54, 1.807) is 0 Å². The van der Waals surface area contributed by atoms with E-state index in [9.17, 15) is 0 Å². The Kier molecular flexibility index (Phi) is 1.96. The predicted octanol–water partition coefficient (Wildman–Crippen LogP) is 1.42. The zero-order valence-corrected chi connectivity index (χ0v) is 6.43. The molecule has 0 aromatic carbocycles. The SMILES string of the molecule is CC1(C#N)CCCCC1N.